The van der Waals surface area contributed by atoms with Crippen molar-refractivity contribution in [1.82, 2.24) is 0 Å². The Morgan fingerprint density at radius 3 is 2.43 bits per heavy atom. The van der Waals surface area contributed by atoms with Crippen LogP contribution >= 0.6 is 0 Å². The highest BCUT2D eigenvalue weighted by molar-refractivity contribution is 5.47. The highest BCUT2D eigenvalue weighted by Gasteiger charge is 2.26. The lowest BCUT2D eigenvalue weighted by Gasteiger charge is -2.32. The van der Waals surface area contributed by atoms with Gasteiger partial charge in [-0.1, -0.05) is 48.0 Å². The van der Waals surface area contributed by atoms with Crippen LogP contribution in [-0.4, -0.2) is 25.9 Å². The van der Waals surface area contributed by atoms with E-state index in [1.54, 1.807) is 0 Å². The molecule has 2 atom stereocenters. The van der Waals surface area contributed by atoms with Gasteiger partial charge in [0.05, 0.1) is 25.9 Å². The quantitative estimate of drug-likeness (QED) is 0.930. The maximum atomic E-state index is 5.90. The molecule has 0 amide bonds. The van der Waals surface area contributed by atoms with Crippen molar-refractivity contribution in [2.24, 2.45) is 0 Å². The number of hydrogen-bond donors (Lipinski definition) is 1. The van der Waals surface area contributed by atoms with Crippen molar-refractivity contribution in [3.8, 4) is 0 Å². The molecule has 3 heteroatoms. The van der Waals surface area contributed by atoms with Crippen LogP contribution in [0.15, 0.2) is 54.6 Å². The largest absolute Gasteiger partial charge is 0.376 e. The van der Waals surface area contributed by atoms with Gasteiger partial charge in [0.15, 0.2) is 0 Å². The number of benzene rings is 2. The maximum Gasteiger partial charge on any atom is 0.105 e. The summed E-state index contributed by atoms with van der Waals surface area (Å²) in [5.74, 6) is 0. The molecule has 1 saturated heterocycles. The second kappa shape index (κ2) is 6.74. The molecular formula is C18H21NO2. The third-order valence-electron chi connectivity index (χ3n) is 3.75. The first-order valence-corrected chi connectivity index (χ1v) is 7.40. The molecule has 0 aromatic heterocycles. The first-order chi connectivity index (χ1) is 10.3. The van der Waals surface area contributed by atoms with Crippen LogP contribution in [0, 0.1) is 6.92 Å². The molecule has 1 fully saturated rings. The standard InChI is InChI=1S/C18H21NO2/c1-14-7-9-16(10-8-14)19-18(15-5-3-2-4-6-15)17-13-20-11-12-21-17/h2-10,17-19H,11-13H2,1H3. The van der Waals surface area contributed by atoms with Crippen molar-refractivity contribution in [3.05, 3.63) is 65.7 Å². The van der Waals surface area contributed by atoms with Gasteiger partial charge in [-0.15, -0.1) is 0 Å². The van der Waals surface area contributed by atoms with Crippen molar-refractivity contribution in [2.45, 2.75) is 19.1 Å². The van der Waals surface area contributed by atoms with Crippen LogP contribution < -0.4 is 5.32 Å². The SMILES string of the molecule is Cc1ccc(NC(c2ccccc2)C2COCCO2)cc1. The normalized spacial score (nSPS) is 20.0. The number of ether oxygens (including phenoxy) is 2. The third kappa shape index (κ3) is 3.63. The van der Waals surface area contributed by atoms with Gasteiger partial charge in [-0.05, 0) is 24.6 Å². The van der Waals surface area contributed by atoms with Crippen molar-refractivity contribution < 1.29 is 9.47 Å². The van der Waals surface area contributed by atoms with Crippen LogP contribution in [0.4, 0.5) is 5.69 Å². The van der Waals surface area contributed by atoms with E-state index in [0.717, 1.165) is 5.69 Å². The van der Waals surface area contributed by atoms with Crippen LogP contribution in [0.2, 0.25) is 0 Å². The summed E-state index contributed by atoms with van der Waals surface area (Å²) in [7, 11) is 0. The van der Waals surface area contributed by atoms with E-state index < -0.39 is 0 Å². The van der Waals surface area contributed by atoms with Gasteiger partial charge < -0.3 is 14.8 Å². The Balaban J connectivity index is 1.83. The van der Waals surface area contributed by atoms with Crippen LogP contribution in [0.3, 0.4) is 0 Å². The average molecular weight is 283 g/mol. The van der Waals surface area contributed by atoms with Crippen LogP contribution in [0.5, 0.6) is 0 Å². The molecule has 0 saturated carbocycles. The molecule has 2 aromatic rings. The fourth-order valence-electron chi connectivity index (χ4n) is 2.58. The lowest BCUT2D eigenvalue weighted by Crippen LogP contribution is -2.37. The Labute approximate surface area is 125 Å². The molecule has 3 rings (SSSR count). The monoisotopic (exact) mass is 283 g/mol. The molecule has 0 aliphatic carbocycles. The van der Waals surface area contributed by atoms with E-state index in [4.69, 9.17) is 9.47 Å². The van der Waals surface area contributed by atoms with E-state index in [9.17, 15) is 0 Å². The van der Waals surface area contributed by atoms with Gasteiger partial charge in [0, 0.05) is 5.69 Å². The fraction of sp³-hybridized carbons (Fsp3) is 0.333. The highest BCUT2D eigenvalue weighted by Crippen LogP contribution is 2.26. The summed E-state index contributed by atoms with van der Waals surface area (Å²) < 4.78 is 11.5. The predicted molar refractivity (Wildman–Crippen MR) is 84.5 cm³/mol. The lowest BCUT2D eigenvalue weighted by atomic mass is 10.0. The molecule has 0 radical (unpaired) electrons. The smallest absolute Gasteiger partial charge is 0.105 e. The van der Waals surface area contributed by atoms with E-state index in [-0.39, 0.29) is 12.1 Å². The molecule has 1 aliphatic heterocycles. The number of anilines is 1. The van der Waals surface area contributed by atoms with Gasteiger partial charge in [0.2, 0.25) is 0 Å². The molecule has 2 aromatic carbocycles. The number of nitrogens with one attached hydrogen (secondary N) is 1. The minimum Gasteiger partial charge on any atom is -0.376 e. The van der Waals surface area contributed by atoms with Crippen LogP contribution in [0.1, 0.15) is 17.2 Å². The van der Waals surface area contributed by atoms with Gasteiger partial charge in [0.1, 0.15) is 6.10 Å². The highest BCUT2D eigenvalue weighted by atomic mass is 16.6. The summed E-state index contributed by atoms with van der Waals surface area (Å²) in [6.07, 6.45) is 0.0300. The van der Waals surface area contributed by atoms with Crippen LogP contribution in [-0.2, 0) is 9.47 Å². The third-order valence-corrected chi connectivity index (χ3v) is 3.75. The number of aryl methyl sites for hydroxylation is 1. The summed E-state index contributed by atoms with van der Waals surface area (Å²) in [5.41, 5.74) is 3.58. The molecule has 21 heavy (non-hydrogen) atoms. The topological polar surface area (TPSA) is 30.5 Å². The fourth-order valence-corrected chi connectivity index (χ4v) is 2.58. The Hall–Kier alpha value is -1.84. The van der Waals surface area contributed by atoms with Crippen molar-refractivity contribution in [1.29, 1.82) is 0 Å². The number of hydrogen-bond acceptors (Lipinski definition) is 3. The van der Waals surface area contributed by atoms with Crippen molar-refractivity contribution in [3.63, 3.8) is 0 Å². The molecule has 3 nitrogen and oxygen atoms in total. The van der Waals surface area contributed by atoms with Gasteiger partial charge in [-0.2, -0.15) is 0 Å². The molecule has 1 heterocycles. The second-order valence-electron chi connectivity index (χ2n) is 5.38. The van der Waals surface area contributed by atoms with Crippen LogP contribution in [0.25, 0.3) is 0 Å². The van der Waals surface area contributed by atoms with Gasteiger partial charge >= 0.3 is 0 Å². The molecular weight excluding hydrogens is 262 g/mol. The predicted octanol–water partition coefficient (Wildman–Crippen LogP) is 3.56. The summed E-state index contributed by atoms with van der Waals surface area (Å²) in [4.78, 5) is 0. The van der Waals surface area contributed by atoms with Crippen molar-refractivity contribution >= 4 is 5.69 Å². The Kier molecular flexibility index (Phi) is 4.53. The zero-order valence-corrected chi connectivity index (χ0v) is 12.3. The molecule has 2 unspecified atom stereocenters. The Bertz CT molecular complexity index is 547. The minimum absolute atomic E-state index is 0.0300. The van der Waals surface area contributed by atoms with E-state index in [2.05, 4.69) is 60.8 Å². The van der Waals surface area contributed by atoms with E-state index in [1.807, 2.05) is 6.07 Å². The molecule has 1 N–H and O–H groups in total. The summed E-state index contributed by atoms with van der Waals surface area (Å²) >= 11 is 0. The summed E-state index contributed by atoms with van der Waals surface area (Å²) in [6.45, 7) is 4.06. The number of rotatable bonds is 4. The molecule has 0 spiro atoms. The van der Waals surface area contributed by atoms with Crippen molar-refractivity contribution in [2.75, 3.05) is 25.1 Å². The van der Waals surface area contributed by atoms with Gasteiger partial charge in [-0.25, -0.2) is 0 Å². The Morgan fingerprint density at radius 2 is 1.76 bits per heavy atom. The first kappa shape index (κ1) is 14.1. The molecule has 110 valence electrons. The van der Waals surface area contributed by atoms with Gasteiger partial charge in [0.25, 0.3) is 0 Å². The Morgan fingerprint density at radius 1 is 1.00 bits per heavy atom. The second-order valence-corrected chi connectivity index (χ2v) is 5.38. The summed E-state index contributed by atoms with van der Waals surface area (Å²) in [5, 5.41) is 3.59. The first-order valence-electron chi connectivity index (χ1n) is 7.40. The van der Waals surface area contributed by atoms with E-state index >= 15 is 0 Å². The van der Waals surface area contributed by atoms with E-state index in [0.29, 0.717) is 19.8 Å². The maximum absolute atomic E-state index is 5.90. The zero-order valence-electron chi connectivity index (χ0n) is 12.3. The van der Waals surface area contributed by atoms with E-state index in [1.165, 1.54) is 11.1 Å². The summed E-state index contributed by atoms with van der Waals surface area (Å²) in [6, 6.07) is 18.9. The molecule has 1 aliphatic rings. The van der Waals surface area contributed by atoms with Gasteiger partial charge in [-0.3, -0.25) is 0 Å². The molecule has 0 bridgehead atoms. The average Bonchev–Trinajstić information content (AvgIpc) is 2.56. The zero-order chi connectivity index (χ0) is 14.5. The minimum atomic E-state index is 0.0300. The lowest BCUT2D eigenvalue weighted by molar-refractivity contribution is -0.0950.